The molecule has 4 rings (SSSR count). The minimum Gasteiger partial charge on any atom is -0.492 e. The van der Waals surface area contributed by atoms with E-state index < -0.39 is 0 Å². The van der Waals surface area contributed by atoms with E-state index in [0.29, 0.717) is 11.9 Å². The molecule has 1 N–H and O–H groups in total. The van der Waals surface area contributed by atoms with E-state index in [0.717, 1.165) is 42.0 Å². The molecule has 29 heavy (non-hydrogen) atoms. The number of rotatable bonds is 8. The van der Waals surface area contributed by atoms with Crippen LogP contribution in [0.4, 0.5) is 5.13 Å². The van der Waals surface area contributed by atoms with Gasteiger partial charge in [-0.05, 0) is 36.6 Å². The monoisotopic (exact) mass is 425 g/mol. The van der Waals surface area contributed by atoms with Gasteiger partial charge in [0, 0.05) is 24.7 Å². The lowest BCUT2D eigenvalue weighted by atomic mass is 10.1. The van der Waals surface area contributed by atoms with Crippen LogP contribution in [0.3, 0.4) is 0 Å². The van der Waals surface area contributed by atoms with Crippen LogP contribution in [-0.2, 0) is 6.42 Å². The lowest BCUT2D eigenvalue weighted by molar-refractivity contribution is 0.326. The zero-order valence-electron chi connectivity index (χ0n) is 16.9. The van der Waals surface area contributed by atoms with Gasteiger partial charge in [0.25, 0.3) is 0 Å². The molecule has 0 spiro atoms. The summed E-state index contributed by atoms with van der Waals surface area (Å²) in [6.45, 7) is 4.62. The van der Waals surface area contributed by atoms with Crippen molar-refractivity contribution in [3.63, 3.8) is 0 Å². The van der Waals surface area contributed by atoms with Crippen LogP contribution in [-0.4, -0.2) is 42.9 Å². The molecule has 152 valence electrons. The van der Waals surface area contributed by atoms with Gasteiger partial charge >= 0.3 is 0 Å². The van der Waals surface area contributed by atoms with Crippen LogP contribution < -0.4 is 15.0 Å². The molecule has 4 nitrogen and oxygen atoms in total. The molecular weight excluding hydrogens is 398 g/mol. The van der Waals surface area contributed by atoms with Crippen LogP contribution in [0.15, 0.2) is 54.6 Å². The third kappa shape index (κ3) is 5.32. The lowest BCUT2D eigenvalue weighted by Gasteiger charge is -2.16. The molecule has 0 amide bonds. The van der Waals surface area contributed by atoms with Gasteiger partial charge in [0.1, 0.15) is 12.4 Å². The summed E-state index contributed by atoms with van der Waals surface area (Å²) in [4.78, 5) is 8.16. The lowest BCUT2D eigenvalue weighted by Crippen LogP contribution is -2.23. The predicted molar refractivity (Wildman–Crippen MR) is 125 cm³/mol. The second-order valence-corrected chi connectivity index (χ2v) is 9.55. The summed E-state index contributed by atoms with van der Waals surface area (Å²) in [6.07, 6.45) is 1.12. The molecule has 0 radical (unpaired) electrons. The van der Waals surface area contributed by atoms with Crippen LogP contribution in [0.2, 0.25) is 0 Å². The first-order valence-electron chi connectivity index (χ1n) is 9.97. The smallest absolute Gasteiger partial charge is 0.185 e. The molecule has 1 saturated heterocycles. The average molecular weight is 426 g/mol. The van der Waals surface area contributed by atoms with E-state index in [2.05, 4.69) is 72.7 Å². The molecule has 1 aromatic heterocycles. The zero-order chi connectivity index (χ0) is 20.1. The molecule has 1 aliphatic rings. The Morgan fingerprint density at radius 3 is 2.66 bits per heavy atom. The Morgan fingerprint density at radius 1 is 1.14 bits per heavy atom. The summed E-state index contributed by atoms with van der Waals surface area (Å²) in [6, 6.07) is 19.0. The van der Waals surface area contributed by atoms with Crippen LogP contribution in [0.25, 0.3) is 10.4 Å². The van der Waals surface area contributed by atoms with Crippen molar-refractivity contribution in [2.45, 2.75) is 18.6 Å². The summed E-state index contributed by atoms with van der Waals surface area (Å²) in [5.41, 5.74) is 3.68. The molecule has 0 aliphatic carbocycles. The molecule has 0 bridgehead atoms. The normalized spacial score (nSPS) is 16.1. The number of benzene rings is 2. The van der Waals surface area contributed by atoms with Crippen molar-refractivity contribution in [3.8, 4) is 16.2 Å². The van der Waals surface area contributed by atoms with Gasteiger partial charge in [-0.1, -0.05) is 53.8 Å². The first kappa shape index (κ1) is 20.3. The van der Waals surface area contributed by atoms with E-state index in [1.807, 2.05) is 17.8 Å². The van der Waals surface area contributed by atoms with Gasteiger partial charge in [0.2, 0.25) is 0 Å². The summed E-state index contributed by atoms with van der Waals surface area (Å²) in [5.74, 6) is 2.00. The number of thioether (sulfide) groups is 1. The fraction of sp³-hybridized carbons (Fsp3) is 0.348. The number of hydrogen-bond donors (Lipinski definition) is 1. The number of ether oxygens (including phenoxy) is 1. The highest BCUT2D eigenvalue weighted by Gasteiger charge is 2.15. The number of nitrogens with one attached hydrogen (secondary N) is 1. The molecule has 1 fully saturated rings. The Morgan fingerprint density at radius 2 is 1.93 bits per heavy atom. The Bertz CT molecular complexity index is 906. The summed E-state index contributed by atoms with van der Waals surface area (Å²) in [5, 5.41) is 5.12. The Balaban J connectivity index is 1.28. The Labute approximate surface area is 181 Å². The minimum atomic E-state index is 0.636. The SMILES string of the molecule is Cc1nc(N(C)CCOc2ccc(CC3CNCS3)cc2)sc1-c1ccccc1. The van der Waals surface area contributed by atoms with E-state index in [9.17, 15) is 0 Å². The van der Waals surface area contributed by atoms with E-state index in [4.69, 9.17) is 9.72 Å². The maximum Gasteiger partial charge on any atom is 0.185 e. The van der Waals surface area contributed by atoms with Crippen LogP contribution in [0, 0.1) is 6.92 Å². The molecule has 2 aromatic carbocycles. The van der Waals surface area contributed by atoms with Crippen LogP contribution in [0.5, 0.6) is 5.75 Å². The number of hydrogen-bond acceptors (Lipinski definition) is 6. The fourth-order valence-corrected chi connectivity index (χ4v) is 5.45. The number of aryl methyl sites for hydroxylation is 1. The minimum absolute atomic E-state index is 0.636. The van der Waals surface area contributed by atoms with Crippen molar-refractivity contribution in [2.24, 2.45) is 0 Å². The highest BCUT2D eigenvalue weighted by Crippen LogP contribution is 2.33. The largest absolute Gasteiger partial charge is 0.492 e. The number of anilines is 1. The van der Waals surface area contributed by atoms with E-state index in [1.165, 1.54) is 16.0 Å². The van der Waals surface area contributed by atoms with Crippen molar-refractivity contribution in [3.05, 3.63) is 65.9 Å². The molecule has 2 heterocycles. The van der Waals surface area contributed by atoms with Gasteiger partial charge in [0.05, 0.1) is 17.1 Å². The van der Waals surface area contributed by atoms with Gasteiger partial charge in [-0.15, -0.1) is 11.8 Å². The number of aromatic nitrogens is 1. The van der Waals surface area contributed by atoms with Crippen LogP contribution >= 0.6 is 23.1 Å². The highest BCUT2D eigenvalue weighted by atomic mass is 32.2. The van der Waals surface area contributed by atoms with Crippen molar-refractivity contribution >= 4 is 28.2 Å². The van der Waals surface area contributed by atoms with Crippen molar-refractivity contribution in [2.75, 3.05) is 37.5 Å². The molecule has 1 atom stereocenters. The summed E-state index contributed by atoms with van der Waals surface area (Å²) < 4.78 is 5.96. The molecule has 1 unspecified atom stereocenters. The van der Waals surface area contributed by atoms with Gasteiger partial charge in [-0.2, -0.15) is 0 Å². The molecule has 0 saturated carbocycles. The second kappa shape index (κ2) is 9.65. The second-order valence-electron chi connectivity index (χ2n) is 7.28. The molecule has 6 heteroatoms. The molecule has 1 aliphatic heterocycles. The average Bonchev–Trinajstić information content (AvgIpc) is 3.39. The van der Waals surface area contributed by atoms with Gasteiger partial charge in [-0.25, -0.2) is 4.98 Å². The topological polar surface area (TPSA) is 37.4 Å². The van der Waals surface area contributed by atoms with Gasteiger partial charge < -0.3 is 15.0 Å². The van der Waals surface area contributed by atoms with Crippen molar-refractivity contribution in [1.29, 1.82) is 0 Å². The molecule has 3 aromatic rings. The number of likely N-dealkylation sites (N-methyl/N-ethyl adjacent to an activating group) is 1. The van der Waals surface area contributed by atoms with Gasteiger partial charge in [-0.3, -0.25) is 0 Å². The molecular formula is C23H27N3OS2. The first-order valence-corrected chi connectivity index (χ1v) is 11.8. The highest BCUT2D eigenvalue weighted by molar-refractivity contribution is 8.00. The summed E-state index contributed by atoms with van der Waals surface area (Å²) in [7, 11) is 2.08. The van der Waals surface area contributed by atoms with Crippen molar-refractivity contribution in [1.82, 2.24) is 10.3 Å². The Kier molecular flexibility index (Phi) is 6.74. The van der Waals surface area contributed by atoms with E-state index >= 15 is 0 Å². The maximum atomic E-state index is 5.96. The maximum absolute atomic E-state index is 5.96. The third-order valence-corrected chi connectivity index (χ3v) is 7.52. The number of nitrogens with zero attached hydrogens (tertiary/aromatic N) is 2. The summed E-state index contributed by atoms with van der Waals surface area (Å²) >= 11 is 3.74. The first-order chi connectivity index (χ1) is 14.2. The standard InChI is InChI=1S/C23H27N3OS2/c1-17-22(19-6-4-3-5-7-19)29-23(25-17)26(2)12-13-27-20-10-8-18(9-11-20)14-21-15-24-16-28-21/h3-11,21,24H,12-16H2,1-2H3. The van der Waals surface area contributed by atoms with E-state index in [1.54, 1.807) is 11.3 Å². The van der Waals surface area contributed by atoms with E-state index in [-0.39, 0.29) is 0 Å². The quantitative estimate of drug-likeness (QED) is 0.559. The Hall–Kier alpha value is -2.02. The number of thiazole rings is 1. The zero-order valence-corrected chi connectivity index (χ0v) is 18.6. The van der Waals surface area contributed by atoms with Crippen molar-refractivity contribution < 1.29 is 4.74 Å². The van der Waals surface area contributed by atoms with Crippen LogP contribution in [0.1, 0.15) is 11.3 Å². The predicted octanol–water partition coefficient (Wildman–Crippen LogP) is 4.84. The third-order valence-electron chi connectivity index (χ3n) is 5.02. The fourth-order valence-electron chi connectivity index (χ4n) is 3.37. The van der Waals surface area contributed by atoms with Gasteiger partial charge in [0.15, 0.2) is 5.13 Å².